The SMILES string of the molecule is CCCCCCCCCCCCCCCCCCCCCCCCC(=O)OC(C)(C)C1CC[NH2+]CC1. The highest BCUT2D eigenvalue weighted by molar-refractivity contribution is 5.69. The van der Waals surface area contributed by atoms with Crippen LogP contribution in [0.4, 0.5) is 0 Å². The van der Waals surface area contributed by atoms with Gasteiger partial charge in [0.2, 0.25) is 0 Å². The average molecular weight is 509 g/mol. The smallest absolute Gasteiger partial charge is 0.306 e. The first kappa shape index (κ1) is 33.5. The fourth-order valence-electron chi connectivity index (χ4n) is 5.93. The quantitative estimate of drug-likeness (QED) is 0.0986. The molecule has 0 atom stereocenters. The summed E-state index contributed by atoms with van der Waals surface area (Å²) in [5, 5.41) is 2.37. The molecule has 1 heterocycles. The number of hydrogen-bond donors (Lipinski definition) is 1. The van der Waals surface area contributed by atoms with Gasteiger partial charge in [0.1, 0.15) is 5.60 Å². The van der Waals surface area contributed by atoms with Crippen molar-refractivity contribution in [2.24, 2.45) is 5.92 Å². The van der Waals surface area contributed by atoms with Gasteiger partial charge in [-0.2, -0.15) is 0 Å². The molecule has 214 valence electrons. The van der Waals surface area contributed by atoms with E-state index in [0.717, 1.165) is 6.42 Å². The van der Waals surface area contributed by atoms with E-state index in [1.165, 1.54) is 161 Å². The van der Waals surface area contributed by atoms with Gasteiger partial charge in [0, 0.05) is 25.2 Å². The third-order valence-corrected chi connectivity index (χ3v) is 8.53. The molecule has 0 unspecified atom stereocenters. The minimum Gasteiger partial charge on any atom is -0.459 e. The van der Waals surface area contributed by atoms with Crippen LogP contribution in [-0.4, -0.2) is 24.7 Å². The van der Waals surface area contributed by atoms with E-state index in [9.17, 15) is 4.79 Å². The third kappa shape index (κ3) is 19.5. The molecule has 3 nitrogen and oxygen atoms in total. The molecule has 0 radical (unpaired) electrons. The van der Waals surface area contributed by atoms with Crippen molar-refractivity contribution < 1.29 is 14.8 Å². The summed E-state index contributed by atoms with van der Waals surface area (Å²) in [6.45, 7) is 8.86. The first-order chi connectivity index (χ1) is 17.6. The maximum absolute atomic E-state index is 12.3. The number of hydrogen-bond acceptors (Lipinski definition) is 2. The molecule has 0 bridgehead atoms. The third-order valence-electron chi connectivity index (χ3n) is 8.53. The predicted molar refractivity (Wildman–Crippen MR) is 156 cm³/mol. The second-order valence-electron chi connectivity index (χ2n) is 12.4. The number of esters is 1. The molecule has 1 saturated heterocycles. The van der Waals surface area contributed by atoms with E-state index in [1.807, 2.05) is 0 Å². The number of piperidine rings is 1. The number of nitrogens with two attached hydrogens (primary N) is 1. The molecule has 0 saturated carbocycles. The minimum atomic E-state index is -0.293. The van der Waals surface area contributed by atoms with Crippen LogP contribution in [0.2, 0.25) is 0 Å². The molecule has 2 N–H and O–H groups in total. The van der Waals surface area contributed by atoms with Gasteiger partial charge in [0.25, 0.3) is 0 Å². The Morgan fingerprint density at radius 3 is 1.31 bits per heavy atom. The molecule has 1 aliphatic rings. The van der Waals surface area contributed by atoms with Crippen molar-refractivity contribution in [3.63, 3.8) is 0 Å². The highest BCUT2D eigenvalue weighted by Gasteiger charge is 2.35. The fraction of sp³-hybridized carbons (Fsp3) is 0.970. The summed E-state index contributed by atoms with van der Waals surface area (Å²) in [7, 11) is 0. The Bertz CT molecular complexity index is 484. The molecule has 1 aliphatic heterocycles. The summed E-state index contributed by atoms with van der Waals surface area (Å²) >= 11 is 0. The zero-order chi connectivity index (χ0) is 26.2. The number of carbonyl (C=O) groups is 1. The molecule has 0 spiro atoms. The van der Waals surface area contributed by atoms with Crippen molar-refractivity contribution in [2.75, 3.05) is 13.1 Å². The zero-order valence-corrected chi connectivity index (χ0v) is 25.1. The Hall–Kier alpha value is -0.570. The summed E-state index contributed by atoms with van der Waals surface area (Å²) < 4.78 is 5.87. The van der Waals surface area contributed by atoms with Gasteiger partial charge in [-0.1, -0.05) is 142 Å². The number of quaternary nitrogens is 1. The van der Waals surface area contributed by atoms with Crippen LogP contribution in [-0.2, 0) is 9.53 Å². The van der Waals surface area contributed by atoms with Gasteiger partial charge >= 0.3 is 5.97 Å². The number of unbranched alkanes of at least 4 members (excludes halogenated alkanes) is 21. The fourth-order valence-corrected chi connectivity index (χ4v) is 5.93. The highest BCUT2D eigenvalue weighted by atomic mass is 16.6. The zero-order valence-electron chi connectivity index (χ0n) is 25.1. The predicted octanol–water partition coefficient (Wildman–Crippen LogP) is 9.27. The van der Waals surface area contributed by atoms with E-state index < -0.39 is 0 Å². The summed E-state index contributed by atoms with van der Waals surface area (Å²) in [5.74, 6) is 0.540. The van der Waals surface area contributed by atoms with Gasteiger partial charge in [-0.25, -0.2) is 0 Å². The Morgan fingerprint density at radius 2 is 0.944 bits per heavy atom. The summed E-state index contributed by atoms with van der Waals surface area (Å²) in [4.78, 5) is 12.3. The van der Waals surface area contributed by atoms with Crippen LogP contribution in [0, 0.1) is 5.92 Å². The van der Waals surface area contributed by atoms with Gasteiger partial charge in [0.15, 0.2) is 0 Å². The van der Waals surface area contributed by atoms with Crippen LogP contribution >= 0.6 is 0 Å². The second-order valence-corrected chi connectivity index (χ2v) is 12.4. The molecular weight excluding hydrogens is 442 g/mol. The monoisotopic (exact) mass is 509 g/mol. The molecule has 1 rings (SSSR count). The van der Waals surface area contributed by atoms with Crippen molar-refractivity contribution in [3.8, 4) is 0 Å². The van der Waals surface area contributed by atoms with Crippen LogP contribution in [0.1, 0.15) is 181 Å². The second kappa shape index (κ2) is 23.5. The molecular formula is C33H66NO2+. The van der Waals surface area contributed by atoms with Gasteiger partial charge in [0.05, 0.1) is 13.1 Å². The van der Waals surface area contributed by atoms with Gasteiger partial charge in [-0.3, -0.25) is 4.79 Å². The Kier molecular flexibility index (Phi) is 21.9. The lowest BCUT2D eigenvalue weighted by Crippen LogP contribution is -2.86. The summed E-state index contributed by atoms with van der Waals surface area (Å²) in [6.07, 6.45) is 33.6. The number of carbonyl (C=O) groups excluding carboxylic acids is 1. The highest BCUT2D eigenvalue weighted by Crippen LogP contribution is 2.28. The average Bonchev–Trinajstić information content (AvgIpc) is 2.87. The van der Waals surface area contributed by atoms with E-state index in [2.05, 4.69) is 26.1 Å². The summed E-state index contributed by atoms with van der Waals surface area (Å²) in [6, 6.07) is 0. The molecule has 0 aromatic carbocycles. The van der Waals surface area contributed by atoms with Gasteiger partial charge < -0.3 is 10.1 Å². The van der Waals surface area contributed by atoms with Crippen molar-refractivity contribution >= 4 is 5.97 Å². The van der Waals surface area contributed by atoms with E-state index in [0.29, 0.717) is 12.3 Å². The van der Waals surface area contributed by atoms with E-state index in [1.54, 1.807) is 0 Å². The van der Waals surface area contributed by atoms with Crippen LogP contribution in [0.3, 0.4) is 0 Å². The standard InChI is InChI=1S/C33H65NO2/c1-4-5-6-7-8-9-10-11-12-13-14-15-16-17-18-19-20-21-22-23-24-25-26-32(35)36-33(2,3)31-27-29-34-30-28-31/h31,34H,4-30H2,1-3H3/p+1. The minimum absolute atomic E-state index is 0.0164. The van der Waals surface area contributed by atoms with Crippen LogP contribution in [0.15, 0.2) is 0 Å². The van der Waals surface area contributed by atoms with Crippen molar-refractivity contribution in [2.45, 2.75) is 187 Å². The van der Waals surface area contributed by atoms with Crippen molar-refractivity contribution in [3.05, 3.63) is 0 Å². The number of ether oxygens (including phenoxy) is 1. The first-order valence-corrected chi connectivity index (χ1v) is 16.6. The summed E-state index contributed by atoms with van der Waals surface area (Å²) in [5.41, 5.74) is -0.293. The lowest BCUT2D eigenvalue weighted by molar-refractivity contribution is -0.665. The lowest BCUT2D eigenvalue weighted by Gasteiger charge is -2.35. The normalized spacial score (nSPS) is 14.9. The van der Waals surface area contributed by atoms with Crippen LogP contribution < -0.4 is 5.32 Å². The molecule has 0 aromatic rings. The van der Waals surface area contributed by atoms with Gasteiger partial charge in [-0.05, 0) is 20.3 Å². The largest absolute Gasteiger partial charge is 0.459 e. The molecule has 0 aromatic heterocycles. The van der Waals surface area contributed by atoms with Crippen LogP contribution in [0.5, 0.6) is 0 Å². The molecule has 0 amide bonds. The van der Waals surface area contributed by atoms with E-state index in [4.69, 9.17) is 4.74 Å². The van der Waals surface area contributed by atoms with Crippen LogP contribution in [0.25, 0.3) is 0 Å². The molecule has 3 heteroatoms. The topological polar surface area (TPSA) is 42.9 Å². The Labute approximate surface area is 226 Å². The Morgan fingerprint density at radius 1 is 0.611 bits per heavy atom. The lowest BCUT2D eigenvalue weighted by atomic mass is 9.83. The maximum atomic E-state index is 12.3. The first-order valence-electron chi connectivity index (χ1n) is 16.6. The van der Waals surface area contributed by atoms with Crippen molar-refractivity contribution in [1.29, 1.82) is 0 Å². The molecule has 1 fully saturated rings. The maximum Gasteiger partial charge on any atom is 0.306 e. The molecule has 0 aliphatic carbocycles. The van der Waals surface area contributed by atoms with E-state index in [-0.39, 0.29) is 11.6 Å². The van der Waals surface area contributed by atoms with E-state index >= 15 is 0 Å². The molecule has 36 heavy (non-hydrogen) atoms. The Balaban J connectivity index is 1.76. The van der Waals surface area contributed by atoms with Crippen molar-refractivity contribution in [1.82, 2.24) is 0 Å². The number of rotatable bonds is 25. The van der Waals surface area contributed by atoms with Gasteiger partial charge in [-0.15, -0.1) is 0 Å².